The summed E-state index contributed by atoms with van der Waals surface area (Å²) in [6, 6.07) is 20.0. The van der Waals surface area contributed by atoms with E-state index in [1.807, 2.05) is 50.2 Å². The van der Waals surface area contributed by atoms with Gasteiger partial charge in [-0.25, -0.2) is 14.2 Å². The van der Waals surface area contributed by atoms with E-state index in [2.05, 4.69) is 4.98 Å². The van der Waals surface area contributed by atoms with E-state index in [1.165, 1.54) is 11.3 Å². The number of fused-ring (bicyclic) bond motifs is 3. The van der Waals surface area contributed by atoms with Crippen molar-refractivity contribution in [1.29, 1.82) is 0 Å². The van der Waals surface area contributed by atoms with Gasteiger partial charge in [0.15, 0.2) is 16.5 Å². The van der Waals surface area contributed by atoms with E-state index in [1.54, 1.807) is 40.8 Å². The maximum Gasteiger partial charge on any atom is 0.343 e. The van der Waals surface area contributed by atoms with Crippen LogP contribution in [0.25, 0.3) is 22.1 Å². The lowest BCUT2D eigenvalue weighted by Gasteiger charge is -2.11. The molecule has 0 aliphatic heterocycles. The van der Waals surface area contributed by atoms with Crippen LogP contribution >= 0.6 is 11.3 Å². The number of aromatic nitrogens is 2. The first-order valence-corrected chi connectivity index (χ1v) is 11.3. The van der Waals surface area contributed by atoms with Crippen molar-refractivity contribution < 1.29 is 14.3 Å². The van der Waals surface area contributed by atoms with Crippen LogP contribution in [0.3, 0.4) is 0 Å². The Labute approximate surface area is 193 Å². The molecule has 5 rings (SSSR count). The van der Waals surface area contributed by atoms with Gasteiger partial charge in [-0.3, -0.25) is 4.79 Å². The first-order valence-electron chi connectivity index (χ1n) is 10.5. The van der Waals surface area contributed by atoms with E-state index in [0.29, 0.717) is 33.2 Å². The highest BCUT2D eigenvalue weighted by molar-refractivity contribution is 7.15. The van der Waals surface area contributed by atoms with Crippen molar-refractivity contribution in [1.82, 2.24) is 9.38 Å². The summed E-state index contributed by atoms with van der Waals surface area (Å²) in [5, 5.41) is 0. The number of hydrogen-bond acceptors (Lipinski definition) is 6. The quantitative estimate of drug-likeness (QED) is 0.290. The largest absolute Gasteiger partial charge is 0.490 e. The molecule has 0 fully saturated rings. The van der Waals surface area contributed by atoms with Crippen LogP contribution in [-0.4, -0.2) is 22.0 Å². The number of esters is 1. The SMILES string of the molecule is CCOc1cc(/C=c2\sc3nc4ccccc4n3c2=O)ccc1OC(=O)c1ccc(C)cc1. The molecule has 3 aromatic carbocycles. The molecule has 0 saturated carbocycles. The van der Waals surface area contributed by atoms with Crippen molar-refractivity contribution in [2.24, 2.45) is 0 Å². The van der Waals surface area contributed by atoms with Crippen LogP contribution in [0.15, 0.2) is 71.5 Å². The molecule has 0 aliphatic carbocycles. The molecule has 7 heteroatoms. The molecule has 5 aromatic rings. The Bertz CT molecular complexity index is 1600. The van der Waals surface area contributed by atoms with Gasteiger partial charge in [0.25, 0.3) is 5.56 Å². The monoisotopic (exact) mass is 456 g/mol. The van der Waals surface area contributed by atoms with Gasteiger partial charge in [0.05, 0.1) is 27.7 Å². The smallest absolute Gasteiger partial charge is 0.343 e. The standard InChI is InChI=1S/C26H20N2O4S/c1-3-31-22-14-17(10-13-21(22)32-25(30)18-11-8-16(2)9-12-18)15-23-24(29)28-20-7-5-4-6-19(20)27-26(28)33-23/h4-15H,3H2,1-2H3/b23-15-. The fourth-order valence-electron chi connectivity index (χ4n) is 3.58. The Morgan fingerprint density at radius 2 is 1.85 bits per heavy atom. The lowest BCUT2D eigenvalue weighted by atomic mass is 10.1. The summed E-state index contributed by atoms with van der Waals surface area (Å²) in [6.45, 7) is 4.22. The molecule has 0 saturated heterocycles. The predicted molar refractivity (Wildman–Crippen MR) is 129 cm³/mol. The summed E-state index contributed by atoms with van der Waals surface area (Å²) in [6.07, 6.45) is 1.80. The maximum atomic E-state index is 13.0. The molecule has 0 N–H and O–H groups in total. The molecule has 33 heavy (non-hydrogen) atoms. The fraction of sp³-hybridized carbons (Fsp3) is 0.115. The summed E-state index contributed by atoms with van der Waals surface area (Å²) in [5.74, 6) is 0.306. The third-order valence-electron chi connectivity index (χ3n) is 5.20. The van der Waals surface area contributed by atoms with Gasteiger partial charge in [0.2, 0.25) is 0 Å². The van der Waals surface area contributed by atoms with Crippen molar-refractivity contribution in [3.8, 4) is 11.5 Å². The molecule has 6 nitrogen and oxygen atoms in total. The topological polar surface area (TPSA) is 69.9 Å². The van der Waals surface area contributed by atoms with Crippen molar-refractivity contribution in [2.75, 3.05) is 6.61 Å². The minimum Gasteiger partial charge on any atom is -0.490 e. The van der Waals surface area contributed by atoms with Crippen LogP contribution in [0.2, 0.25) is 0 Å². The summed E-state index contributed by atoms with van der Waals surface area (Å²) in [4.78, 5) is 30.8. The van der Waals surface area contributed by atoms with E-state index >= 15 is 0 Å². The molecular formula is C26H20N2O4S. The minimum absolute atomic E-state index is 0.114. The van der Waals surface area contributed by atoms with Crippen LogP contribution in [0.4, 0.5) is 0 Å². The number of rotatable bonds is 5. The predicted octanol–water partition coefficient (Wildman–Crippen LogP) is 4.38. The van der Waals surface area contributed by atoms with E-state index in [0.717, 1.165) is 22.2 Å². The first kappa shape index (κ1) is 20.9. The second-order valence-corrected chi connectivity index (χ2v) is 8.54. The Hall–Kier alpha value is -3.97. The second-order valence-electron chi connectivity index (χ2n) is 7.53. The van der Waals surface area contributed by atoms with E-state index < -0.39 is 5.97 Å². The van der Waals surface area contributed by atoms with Crippen molar-refractivity contribution in [3.63, 3.8) is 0 Å². The third kappa shape index (κ3) is 3.99. The summed E-state index contributed by atoms with van der Waals surface area (Å²) in [5.41, 5.74) is 3.76. The average Bonchev–Trinajstić information content (AvgIpc) is 3.32. The van der Waals surface area contributed by atoms with Gasteiger partial charge >= 0.3 is 5.97 Å². The number of aryl methyl sites for hydroxylation is 1. The van der Waals surface area contributed by atoms with Crippen molar-refractivity contribution >= 4 is 39.4 Å². The van der Waals surface area contributed by atoms with E-state index in [-0.39, 0.29) is 5.56 Å². The highest BCUT2D eigenvalue weighted by Gasteiger charge is 2.14. The summed E-state index contributed by atoms with van der Waals surface area (Å²) < 4.78 is 13.5. The zero-order chi connectivity index (χ0) is 22.9. The first-order chi connectivity index (χ1) is 16.0. The Morgan fingerprint density at radius 1 is 1.06 bits per heavy atom. The zero-order valence-corrected chi connectivity index (χ0v) is 18.9. The molecule has 0 unspecified atom stereocenters. The number of imidazole rings is 1. The van der Waals surface area contributed by atoms with Crippen LogP contribution < -0.4 is 19.6 Å². The lowest BCUT2D eigenvalue weighted by Crippen LogP contribution is -2.22. The molecule has 2 heterocycles. The summed E-state index contributed by atoms with van der Waals surface area (Å²) >= 11 is 1.33. The third-order valence-corrected chi connectivity index (χ3v) is 6.17. The maximum absolute atomic E-state index is 13.0. The number of thiazole rings is 1. The summed E-state index contributed by atoms with van der Waals surface area (Å²) in [7, 11) is 0. The molecule has 0 spiro atoms. The molecule has 0 atom stereocenters. The van der Waals surface area contributed by atoms with Crippen molar-refractivity contribution in [2.45, 2.75) is 13.8 Å². The number of carbonyl (C=O) groups excluding carboxylic acids is 1. The second kappa shape index (κ2) is 8.52. The highest BCUT2D eigenvalue weighted by Crippen LogP contribution is 2.29. The van der Waals surface area contributed by atoms with E-state index in [9.17, 15) is 9.59 Å². The lowest BCUT2D eigenvalue weighted by molar-refractivity contribution is 0.0728. The van der Waals surface area contributed by atoms with Gasteiger partial charge in [-0.15, -0.1) is 0 Å². The van der Waals surface area contributed by atoms with Crippen molar-refractivity contribution in [3.05, 3.63) is 98.3 Å². The number of benzene rings is 3. The average molecular weight is 457 g/mol. The number of hydrogen-bond donors (Lipinski definition) is 0. The molecule has 0 aliphatic rings. The molecule has 0 radical (unpaired) electrons. The molecule has 164 valence electrons. The van der Waals surface area contributed by atoms with Gasteiger partial charge in [0.1, 0.15) is 0 Å². The Kier molecular flexibility index (Phi) is 5.40. The normalized spacial score (nSPS) is 11.9. The van der Waals surface area contributed by atoms with Gasteiger partial charge in [-0.05, 0) is 61.9 Å². The Balaban J connectivity index is 1.50. The zero-order valence-electron chi connectivity index (χ0n) is 18.1. The number of nitrogens with zero attached hydrogens (tertiary/aromatic N) is 2. The van der Waals surface area contributed by atoms with Gasteiger partial charge in [0, 0.05) is 0 Å². The van der Waals surface area contributed by atoms with Crippen LogP contribution in [0, 0.1) is 6.92 Å². The highest BCUT2D eigenvalue weighted by atomic mass is 32.1. The Morgan fingerprint density at radius 3 is 2.64 bits per heavy atom. The van der Waals surface area contributed by atoms with Crippen LogP contribution in [0.1, 0.15) is 28.4 Å². The minimum atomic E-state index is -0.458. The van der Waals surface area contributed by atoms with E-state index in [4.69, 9.17) is 9.47 Å². The molecular weight excluding hydrogens is 436 g/mol. The van der Waals surface area contributed by atoms with Crippen LogP contribution in [-0.2, 0) is 0 Å². The fourth-order valence-corrected chi connectivity index (χ4v) is 4.57. The number of ether oxygens (including phenoxy) is 2. The molecule has 0 amide bonds. The molecule has 0 bridgehead atoms. The van der Waals surface area contributed by atoms with Gasteiger partial charge in [-0.1, -0.05) is 47.2 Å². The van der Waals surface area contributed by atoms with Crippen LogP contribution in [0.5, 0.6) is 11.5 Å². The number of para-hydroxylation sites is 2. The van der Waals surface area contributed by atoms with Gasteiger partial charge < -0.3 is 9.47 Å². The van der Waals surface area contributed by atoms with Gasteiger partial charge in [-0.2, -0.15) is 0 Å². The number of carbonyl (C=O) groups is 1. The molecule has 2 aromatic heterocycles.